The molecule has 0 saturated heterocycles. The summed E-state index contributed by atoms with van der Waals surface area (Å²) in [6.45, 7) is 1.91. The predicted molar refractivity (Wildman–Crippen MR) is 74.9 cm³/mol. The molecule has 0 spiro atoms. The smallest absolute Gasteiger partial charge is 0.145 e. The fraction of sp³-hybridized carbons (Fsp3) is 0.267. The lowest BCUT2D eigenvalue weighted by molar-refractivity contribution is 0.614. The molecule has 3 nitrogen and oxygen atoms in total. The van der Waals surface area contributed by atoms with Crippen molar-refractivity contribution >= 4 is 11.6 Å². The maximum atomic E-state index is 13.8. The molecule has 0 bridgehead atoms. The first-order valence-corrected chi connectivity index (χ1v) is 6.66. The SMILES string of the molecule is CCC(C#N)c1ncc(Cc2cccc(Cl)c2F)cn1. The Morgan fingerprint density at radius 2 is 2.05 bits per heavy atom. The van der Waals surface area contributed by atoms with Gasteiger partial charge >= 0.3 is 0 Å². The Bertz CT molecular complexity index is 635. The van der Waals surface area contributed by atoms with Gasteiger partial charge in [-0.3, -0.25) is 0 Å². The summed E-state index contributed by atoms with van der Waals surface area (Å²) in [5, 5.41) is 9.06. The van der Waals surface area contributed by atoms with E-state index in [1.807, 2.05) is 6.92 Å². The predicted octanol–water partition coefficient (Wildman–Crippen LogP) is 3.88. The average molecular weight is 290 g/mol. The number of nitrogens with zero attached hydrogens (tertiary/aromatic N) is 3. The van der Waals surface area contributed by atoms with Crippen molar-refractivity contribution in [1.82, 2.24) is 9.97 Å². The maximum Gasteiger partial charge on any atom is 0.145 e. The fourth-order valence-electron chi connectivity index (χ4n) is 1.87. The van der Waals surface area contributed by atoms with Crippen LogP contribution >= 0.6 is 11.6 Å². The van der Waals surface area contributed by atoms with Crippen LogP contribution in [0.4, 0.5) is 4.39 Å². The second kappa shape index (κ2) is 6.44. The van der Waals surface area contributed by atoms with Crippen molar-refractivity contribution in [2.24, 2.45) is 0 Å². The summed E-state index contributed by atoms with van der Waals surface area (Å²) < 4.78 is 13.8. The van der Waals surface area contributed by atoms with Gasteiger partial charge in [-0.15, -0.1) is 0 Å². The van der Waals surface area contributed by atoms with Crippen LogP contribution in [-0.2, 0) is 6.42 Å². The van der Waals surface area contributed by atoms with Crippen LogP contribution in [0.1, 0.15) is 36.2 Å². The van der Waals surface area contributed by atoms with Gasteiger partial charge in [-0.05, 0) is 23.6 Å². The minimum Gasteiger partial charge on any atom is -0.240 e. The summed E-state index contributed by atoms with van der Waals surface area (Å²) in [6, 6.07) is 7.05. The Balaban J connectivity index is 2.19. The van der Waals surface area contributed by atoms with Crippen LogP contribution in [0.15, 0.2) is 30.6 Å². The number of aromatic nitrogens is 2. The zero-order chi connectivity index (χ0) is 14.5. The number of rotatable bonds is 4. The molecule has 0 saturated carbocycles. The van der Waals surface area contributed by atoms with Gasteiger partial charge in [0, 0.05) is 18.8 Å². The highest BCUT2D eigenvalue weighted by Gasteiger charge is 2.12. The van der Waals surface area contributed by atoms with E-state index in [1.165, 1.54) is 6.07 Å². The van der Waals surface area contributed by atoms with Gasteiger partial charge < -0.3 is 0 Å². The lowest BCUT2D eigenvalue weighted by atomic mass is 10.1. The van der Waals surface area contributed by atoms with E-state index in [1.54, 1.807) is 24.5 Å². The molecule has 1 unspecified atom stereocenters. The van der Waals surface area contributed by atoms with Gasteiger partial charge in [0.05, 0.1) is 11.1 Å². The molecule has 20 heavy (non-hydrogen) atoms. The molecule has 1 heterocycles. The van der Waals surface area contributed by atoms with Crippen molar-refractivity contribution in [3.63, 3.8) is 0 Å². The van der Waals surface area contributed by atoms with Gasteiger partial charge in [0.25, 0.3) is 0 Å². The second-order valence-electron chi connectivity index (χ2n) is 4.43. The molecule has 0 amide bonds. The van der Waals surface area contributed by atoms with Crippen molar-refractivity contribution < 1.29 is 4.39 Å². The third-order valence-electron chi connectivity index (χ3n) is 3.03. The minimum atomic E-state index is -0.415. The highest BCUT2D eigenvalue weighted by molar-refractivity contribution is 6.30. The first kappa shape index (κ1) is 14.4. The van der Waals surface area contributed by atoms with E-state index in [0.29, 0.717) is 24.2 Å². The van der Waals surface area contributed by atoms with Crippen LogP contribution in [0.2, 0.25) is 5.02 Å². The first-order valence-electron chi connectivity index (χ1n) is 6.29. The third kappa shape index (κ3) is 3.12. The average Bonchev–Trinajstić information content (AvgIpc) is 2.47. The molecular formula is C15H13ClFN3. The van der Waals surface area contributed by atoms with Crippen molar-refractivity contribution in [2.45, 2.75) is 25.7 Å². The van der Waals surface area contributed by atoms with Gasteiger partial charge in [0.1, 0.15) is 17.6 Å². The van der Waals surface area contributed by atoms with E-state index in [9.17, 15) is 4.39 Å². The second-order valence-corrected chi connectivity index (χ2v) is 4.84. The summed E-state index contributed by atoms with van der Waals surface area (Å²) >= 11 is 5.74. The van der Waals surface area contributed by atoms with Crippen molar-refractivity contribution in [3.8, 4) is 6.07 Å². The molecule has 0 aliphatic heterocycles. The quantitative estimate of drug-likeness (QED) is 0.858. The molecule has 102 valence electrons. The zero-order valence-corrected chi connectivity index (χ0v) is 11.7. The Morgan fingerprint density at radius 3 is 2.65 bits per heavy atom. The van der Waals surface area contributed by atoms with Crippen LogP contribution in [-0.4, -0.2) is 9.97 Å². The molecule has 5 heteroatoms. The van der Waals surface area contributed by atoms with Crippen LogP contribution < -0.4 is 0 Å². The van der Waals surface area contributed by atoms with E-state index in [0.717, 1.165) is 5.56 Å². The molecule has 2 rings (SSSR count). The lowest BCUT2D eigenvalue weighted by Gasteiger charge is -2.07. The van der Waals surface area contributed by atoms with E-state index in [4.69, 9.17) is 16.9 Å². The van der Waals surface area contributed by atoms with Gasteiger partial charge in [0.15, 0.2) is 0 Å². The van der Waals surface area contributed by atoms with Crippen LogP contribution in [0.3, 0.4) is 0 Å². The van der Waals surface area contributed by atoms with E-state index < -0.39 is 5.82 Å². The summed E-state index contributed by atoms with van der Waals surface area (Å²) in [4.78, 5) is 8.36. The number of halogens is 2. The Labute approximate surface area is 122 Å². The normalized spacial score (nSPS) is 11.9. The maximum absolute atomic E-state index is 13.8. The fourth-order valence-corrected chi connectivity index (χ4v) is 2.07. The molecule has 0 aliphatic rings. The monoisotopic (exact) mass is 289 g/mol. The topological polar surface area (TPSA) is 49.6 Å². The standard InChI is InChI=1S/C15H13ClFN3/c1-2-11(7-18)15-19-8-10(9-20-15)6-12-4-3-5-13(16)14(12)17/h3-5,8-9,11H,2,6H2,1H3. The molecule has 2 aromatic rings. The highest BCUT2D eigenvalue weighted by Crippen LogP contribution is 2.20. The summed E-state index contributed by atoms with van der Waals surface area (Å²) in [5.74, 6) is -0.209. The molecule has 0 N–H and O–H groups in total. The summed E-state index contributed by atoms with van der Waals surface area (Å²) in [7, 11) is 0. The van der Waals surface area contributed by atoms with E-state index >= 15 is 0 Å². The van der Waals surface area contributed by atoms with Gasteiger partial charge in [-0.25, -0.2) is 14.4 Å². The number of benzene rings is 1. The highest BCUT2D eigenvalue weighted by atomic mass is 35.5. The lowest BCUT2D eigenvalue weighted by Crippen LogP contribution is -2.03. The molecule has 0 fully saturated rings. The molecule has 0 aliphatic carbocycles. The Kier molecular flexibility index (Phi) is 4.65. The van der Waals surface area contributed by atoms with Gasteiger partial charge in [-0.2, -0.15) is 5.26 Å². The molecular weight excluding hydrogens is 277 g/mol. The van der Waals surface area contributed by atoms with Crippen molar-refractivity contribution in [1.29, 1.82) is 5.26 Å². The van der Waals surface area contributed by atoms with Gasteiger partial charge in [-0.1, -0.05) is 30.7 Å². The van der Waals surface area contributed by atoms with Crippen LogP contribution in [0.25, 0.3) is 0 Å². The molecule has 1 atom stereocenters. The van der Waals surface area contributed by atoms with E-state index in [2.05, 4.69) is 16.0 Å². The molecule has 1 aromatic heterocycles. The van der Waals surface area contributed by atoms with Crippen LogP contribution in [0, 0.1) is 17.1 Å². The number of hydrogen-bond acceptors (Lipinski definition) is 3. The zero-order valence-electron chi connectivity index (χ0n) is 11.0. The van der Waals surface area contributed by atoms with Crippen molar-refractivity contribution in [2.75, 3.05) is 0 Å². The summed E-state index contributed by atoms with van der Waals surface area (Å²) in [5.41, 5.74) is 1.28. The largest absolute Gasteiger partial charge is 0.240 e. The summed E-state index contributed by atoms with van der Waals surface area (Å²) in [6.07, 6.45) is 4.29. The van der Waals surface area contributed by atoms with E-state index in [-0.39, 0.29) is 10.9 Å². The van der Waals surface area contributed by atoms with Gasteiger partial charge in [0.2, 0.25) is 0 Å². The number of nitriles is 1. The Morgan fingerprint density at radius 1 is 1.35 bits per heavy atom. The number of hydrogen-bond donors (Lipinski definition) is 0. The third-order valence-corrected chi connectivity index (χ3v) is 3.32. The Hall–Kier alpha value is -1.99. The van der Waals surface area contributed by atoms with Crippen molar-refractivity contribution in [3.05, 3.63) is 58.4 Å². The first-order chi connectivity index (χ1) is 9.65. The van der Waals surface area contributed by atoms with Crippen LogP contribution in [0.5, 0.6) is 0 Å². The molecule has 0 radical (unpaired) electrons. The minimum absolute atomic E-state index is 0.107. The molecule has 1 aromatic carbocycles.